The van der Waals surface area contributed by atoms with E-state index in [2.05, 4.69) is 6.58 Å². The fraction of sp³-hybridized carbons (Fsp3) is 0.393. The van der Waals surface area contributed by atoms with Crippen molar-refractivity contribution in [1.82, 2.24) is 0 Å². The van der Waals surface area contributed by atoms with Crippen molar-refractivity contribution >= 4 is 12.0 Å². The molecule has 2 aromatic carbocycles. The smallest absolute Gasteiger partial charge is 0.336 e. The number of esters is 1. The van der Waals surface area contributed by atoms with Crippen LogP contribution in [0.4, 0.5) is 0 Å². The predicted octanol–water partition coefficient (Wildman–Crippen LogP) is 5.10. The highest BCUT2D eigenvalue weighted by atomic mass is 16.6. The van der Waals surface area contributed by atoms with Gasteiger partial charge in [-0.3, -0.25) is 0 Å². The molecule has 2 rings (SSSR count). The zero-order valence-electron chi connectivity index (χ0n) is 20.5. The maximum atomic E-state index is 12.1. The van der Waals surface area contributed by atoms with Gasteiger partial charge < -0.3 is 28.4 Å². The largest absolute Gasteiger partial charge is 0.494 e. The van der Waals surface area contributed by atoms with Crippen molar-refractivity contribution < 1.29 is 33.2 Å². The van der Waals surface area contributed by atoms with E-state index in [1.54, 1.807) is 37.5 Å². The van der Waals surface area contributed by atoms with Crippen LogP contribution in [0.5, 0.6) is 17.2 Å². The van der Waals surface area contributed by atoms with Gasteiger partial charge in [0.2, 0.25) is 0 Å². The molecule has 0 bridgehead atoms. The molecule has 0 aliphatic carbocycles. The zero-order valence-corrected chi connectivity index (χ0v) is 20.5. The van der Waals surface area contributed by atoms with Gasteiger partial charge in [0.05, 0.1) is 39.6 Å². The Labute approximate surface area is 208 Å². The molecule has 0 aliphatic rings. The molecule has 7 heteroatoms. The number of ether oxygens (including phenoxy) is 6. The van der Waals surface area contributed by atoms with E-state index < -0.39 is 5.97 Å². The fourth-order valence-electron chi connectivity index (χ4n) is 2.86. The first-order valence-corrected chi connectivity index (χ1v) is 11.8. The molecule has 0 N–H and O–H groups in total. The highest BCUT2D eigenvalue weighted by molar-refractivity contribution is 5.88. The van der Waals surface area contributed by atoms with Crippen molar-refractivity contribution in [3.8, 4) is 17.2 Å². The lowest BCUT2D eigenvalue weighted by molar-refractivity contribution is -0.128. The average molecular weight is 485 g/mol. The van der Waals surface area contributed by atoms with Gasteiger partial charge >= 0.3 is 5.97 Å². The van der Waals surface area contributed by atoms with Gasteiger partial charge in [-0.2, -0.15) is 0 Å². The molecule has 0 unspecified atom stereocenters. The minimum atomic E-state index is -0.456. The maximum absolute atomic E-state index is 12.1. The Morgan fingerprint density at radius 2 is 1.31 bits per heavy atom. The molecule has 0 radical (unpaired) electrons. The van der Waals surface area contributed by atoms with Crippen LogP contribution in [0.15, 0.2) is 67.3 Å². The van der Waals surface area contributed by atoms with Crippen LogP contribution in [0.2, 0.25) is 0 Å². The summed E-state index contributed by atoms with van der Waals surface area (Å²) in [6.07, 6.45) is 8.08. The van der Waals surface area contributed by atoms with E-state index in [9.17, 15) is 4.79 Å². The lowest BCUT2D eigenvalue weighted by Gasteiger charge is -2.08. The molecular formula is C28H36O7. The molecule has 0 saturated heterocycles. The van der Waals surface area contributed by atoms with E-state index in [0.29, 0.717) is 57.7 Å². The van der Waals surface area contributed by atoms with Crippen molar-refractivity contribution in [3.05, 3.63) is 72.8 Å². The predicted molar refractivity (Wildman–Crippen MR) is 136 cm³/mol. The van der Waals surface area contributed by atoms with Crippen LogP contribution in [0, 0.1) is 0 Å². The van der Waals surface area contributed by atoms with Gasteiger partial charge in [0, 0.05) is 13.2 Å². The zero-order chi connectivity index (χ0) is 25.0. The highest BCUT2D eigenvalue weighted by Crippen LogP contribution is 2.18. The van der Waals surface area contributed by atoms with Crippen LogP contribution in [-0.4, -0.2) is 59.3 Å². The third kappa shape index (κ3) is 13.4. The minimum Gasteiger partial charge on any atom is -0.494 e. The lowest BCUT2D eigenvalue weighted by atomic mass is 10.2. The molecular weight excluding hydrogens is 448 g/mol. The van der Waals surface area contributed by atoms with Crippen molar-refractivity contribution in [2.45, 2.75) is 19.3 Å². The van der Waals surface area contributed by atoms with Crippen molar-refractivity contribution in [2.75, 3.05) is 53.4 Å². The fourth-order valence-corrected chi connectivity index (χ4v) is 2.86. The summed E-state index contributed by atoms with van der Waals surface area (Å²) in [6.45, 7) is 7.42. The van der Waals surface area contributed by atoms with Gasteiger partial charge in [-0.15, -0.1) is 6.58 Å². The van der Waals surface area contributed by atoms with Gasteiger partial charge in [0.1, 0.15) is 23.9 Å². The monoisotopic (exact) mass is 484 g/mol. The number of unbranched alkanes of at least 4 members (excludes halogenated alkanes) is 2. The molecule has 0 amide bonds. The van der Waals surface area contributed by atoms with E-state index in [-0.39, 0.29) is 0 Å². The summed E-state index contributed by atoms with van der Waals surface area (Å²) in [7, 11) is 1.64. The molecule has 190 valence electrons. The van der Waals surface area contributed by atoms with Gasteiger partial charge in [0.25, 0.3) is 0 Å². The Morgan fingerprint density at radius 1 is 0.743 bits per heavy atom. The second kappa shape index (κ2) is 18.2. The van der Waals surface area contributed by atoms with E-state index in [0.717, 1.165) is 30.6 Å². The summed E-state index contributed by atoms with van der Waals surface area (Å²) in [6, 6.07) is 14.4. The lowest BCUT2D eigenvalue weighted by Crippen LogP contribution is -2.12. The van der Waals surface area contributed by atoms with Crippen LogP contribution < -0.4 is 14.2 Å². The second-order valence-corrected chi connectivity index (χ2v) is 7.49. The van der Waals surface area contributed by atoms with E-state index in [1.165, 1.54) is 6.08 Å². The number of hydrogen-bond donors (Lipinski definition) is 0. The van der Waals surface area contributed by atoms with Crippen LogP contribution in [0.3, 0.4) is 0 Å². The molecule has 0 aromatic heterocycles. The van der Waals surface area contributed by atoms with Crippen LogP contribution in [0.1, 0.15) is 24.8 Å². The van der Waals surface area contributed by atoms with Gasteiger partial charge in [-0.25, -0.2) is 4.79 Å². The number of methoxy groups -OCH3 is 1. The summed E-state index contributed by atoms with van der Waals surface area (Å²) >= 11 is 0. The van der Waals surface area contributed by atoms with Gasteiger partial charge in [-0.05, 0) is 67.3 Å². The van der Waals surface area contributed by atoms with Crippen molar-refractivity contribution in [3.63, 3.8) is 0 Å². The topological polar surface area (TPSA) is 72.5 Å². The molecule has 0 spiro atoms. The normalized spacial score (nSPS) is 10.9. The summed E-state index contributed by atoms with van der Waals surface area (Å²) in [5.74, 6) is 1.46. The molecule has 35 heavy (non-hydrogen) atoms. The number of carbonyl (C=O) groups is 1. The Balaban J connectivity index is 1.62. The summed E-state index contributed by atoms with van der Waals surface area (Å²) < 4.78 is 32.3. The van der Waals surface area contributed by atoms with E-state index in [4.69, 9.17) is 28.4 Å². The van der Waals surface area contributed by atoms with Crippen molar-refractivity contribution in [1.29, 1.82) is 0 Å². The Bertz CT molecular complexity index is 860. The van der Waals surface area contributed by atoms with E-state index >= 15 is 0 Å². The number of hydrogen-bond acceptors (Lipinski definition) is 7. The molecule has 7 nitrogen and oxygen atoms in total. The Kier molecular flexibility index (Phi) is 14.6. The SMILES string of the molecule is C=CCCCCOc1ccc(/C=C/C(=O)Oc2ccc(OCCOCCOCCOC)cc2)cc1. The second-order valence-electron chi connectivity index (χ2n) is 7.49. The minimum absolute atomic E-state index is 0.416. The van der Waals surface area contributed by atoms with Crippen LogP contribution >= 0.6 is 0 Å². The number of allylic oxidation sites excluding steroid dienone is 1. The number of rotatable bonds is 19. The molecule has 0 heterocycles. The van der Waals surface area contributed by atoms with Gasteiger partial charge in [-0.1, -0.05) is 18.2 Å². The van der Waals surface area contributed by atoms with Gasteiger partial charge in [0.15, 0.2) is 0 Å². The van der Waals surface area contributed by atoms with Crippen LogP contribution in [0.25, 0.3) is 6.08 Å². The Morgan fingerprint density at radius 3 is 1.97 bits per heavy atom. The maximum Gasteiger partial charge on any atom is 0.336 e. The molecule has 0 saturated carbocycles. The van der Waals surface area contributed by atoms with E-state index in [1.807, 2.05) is 30.3 Å². The summed E-state index contributed by atoms with van der Waals surface area (Å²) in [5, 5.41) is 0. The molecule has 0 fully saturated rings. The van der Waals surface area contributed by atoms with Crippen molar-refractivity contribution in [2.24, 2.45) is 0 Å². The number of benzene rings is 2. The first-order valence-electron chi connectivity index (χ1n) is 11.8. The van der Waals surface area contributed by atoms with Crippen LogP contribution in [-0.2, 0) is 19.0 Å². The Hall–Kier alpha value is -3.13. The molecule has 2 aromatic rings. The summed E-state index contributed by atoms with van der Waals surface area (Å²) in [5.41, 5.74) is 0.883. The molecule has 0 aliphatic heterocycles. The third-order valence-corrected chi connectivity index (χ3v) is 4.71. The molecule has 0 atom stereocenters. The highest BCUT2D eigenvalue weighted by Gasteiger charge is 2.02. The average Bonchev–Trinajstić information content (AvgIpc) is 2.88. The standard InChI is InChI=1S/C28H36O7/c1-3-4-5-6-17-33-25-10-7-24(8-11-25)9-16-28(29)35-27-14-12-26(13-15-27)34-23-22-32-21-20-31-19-18-30-2/h3,7-16H,1,4-6,17-23H2,2H3/b16-9+. The first-order chi connectivity index (χ1) is 17.2. The number of carbonyl (C=O) groups excluding carboxylic acids is 1. The third-order valence-electron chi connectivity index (χ3n) is 4.71. The quantitative estimate of drug-likeness (QED) is 0.0903. The first kappa shape index (κ1) is 28.1. The summed E-state index contributed by atoms with van der Waals surface area (Å²) in [4.78, 5) is 12.1.